The molecule has 34 heavy (non-hydrogen) atoms. The van der Waals surface area contributed by atoms with E-state index in [1.165, 1.54) is 0 Å². The largest absolute Gasteiger partial charge is 0.497 e. The first-order valence-corrected chi connectivity index (χ1v) is 12.1. The maximum absolute atomic E-state index is 13.5. The second-order valence-corrected chi connectivity index (χ2v) is 9.39. The van der Waals surface area contributed by atoms with Gasteiger partial charge >= 0.3 is 0 Å². The van der Waals surface area contributed by atoms with E-state index in [0.717, 1.165) is 28.0 Å². The lowest BCUT2D eigenvalue weighted by Crippen LogP contribution is -1.98. The van der Waals surface area contributed by atoms with Gasteiger partial charge in [-0.25, -0.2) is 4.21 Å². The molecule has 1 aliphatic heterocycles. The topological polar surface area (TPSA) is 44.8 Å². The van der Waals surface area contributed by atoms with Gasteiger partial charge in [-0.1, -0.05) is 60.2 Å². The summed E-state index contributed by atoms with van der Waals surface area (Å²) in [5.41, 5.74) is 3.92. The molecule has 0 N–H and O–H groups in total. The predicted octanol–water partition coefficient (Wildman–Crippen LogP) is 6.61. The van der Waals surface area contributed by atoms with Crippen LogP contribution >= 0.6 is 0 Å². The van der Waals surface area contributed by atoms with E-state index in [9.17, 15) is 4.21 Å². The Labute approximate surface area is 201 Å². The van der Waals surface area contributed by atoms with E-state index >= 15 is 0 Å². The quantitative estimate of drug-likeness (QED) is 0.306. The molecule has 1 atom stereocenters. The summed E-state index contributed by atoms with van der Waals surface area (Å²) in [6, 6.07) is 31.1. The van der Waals surface area contributed by atoms with Crippen LogP contribution in [0, 0.1) is 6.92 Å². The van der Waals surface area contributed by atoms with Crippen LogP contribution in [-0.4, -0.2) is 11.3 Å². The molecule has 0 amide bonds. The van der Waals surface area contributed by atoms with Gasteiger partial charge in [0.1, 0.15) is 23.9 Å². The Morgan fingerprint density at radius 3 is 2.15 bits per heavy atom. The molecule has 1 aliphatic rings. The van der Waals surface area contributed by atoms with Crippen molar-refractivity contribution in [3.63, 3.8) is 0 Å². The van der Waals surface area contributed by atoms with Gasteiger partial charge in [-0.05, 0) is 60.5 Å². The van der Waals surface area contributed by atoms with Crippen molar-refractivity contribution in [2.24, 2.45) is 0 Å². The van der Waals surface area contributed by atoms with Crippen molar-refractivity contribution in [3.8, 4) is 17.2 Å². The summed E-state index contributed by atoms with van der Waals surface area (Å²) in [6.07, 6.45) is 0. The fourth-order valence-electron chi connectivity index (χ4n) is 3.79. The molecule has 1 heterocycles. The van der Waals surface area contributed by atoms with E-state index in [4.69, 9.17) is 14.2 Å². The first-order chi connectivity index (χ1) is 16.6. The SMILES string of the molecule is COc1ccc2c(c1)S(=O)C(c1ccc(C)cc1)=C2Oc1ccc(OCc2ccccc2)cc1. The Kier molecular flexibility index (Phi) is 6.19. The summed E-state index contributed by atoms with van der Waals surface area (Å²) < 4.78 is 31.1. The van der Waals surface area contributed by atoms with Crippen LogP contribution in [0.2, 0.25) is 0 Å². The van der Waals surface area contributed by atoms with E-state index in [1.807, 2.05) is 104 Å². The average Bonchev–Trinajstić information content (AvgIpc) is 3.15. The van der Waals surface area contributed by atoms with Gasteiger partial charge in [0.15, 0.2) is 5.76 Å². The molecule has 0 saturated carbocycles. The molecule has 0 spiro atoms. The summed E-state index contributed by atoms with van der Waals surface area (Å²) in [5, 5.41) is 0. The van der Waals surface area contributed by atoms with Gasteiger partial charge in [0, 0.05) is 5.56 Å². The smallest absolute Gasteiger partial charge is 0.152 e. The van der Waals surface area contributed by atoms with Gasteiger partial charge < -0.3 is 14.2 Å². The number of ether oxygens (including phenoxy) is 3. The summed E-state index contributed by atoms with van der Waals surface area (Å²) in [5.74, 6) is 2.66. The summed E-state index contributed by atoms with van der Waals surface area (Å²) in [6.45, 7) is 2.53. The van der Waals surface area contributed by atoms with E-state index < -0.39 is 10.8 Å². The Morgan fingerprint density at radius 1 is 0.765 bits per heavy atom. The zero-order chi connectivity index (χ0) is 23.5. The van der Waals surface area contributed by atoms with Gasteiger partial charge in [0.25, 0.3) is 0 Å². The predicted molar refractivity (Wildman–Crippen MR) is 135 cm³/mol. The van der Waals surface area contributed by atoms with Crippen LogP contribution in [0.1, 0.15) is 22.3 Å². The molecule has 0 radical (unpaired) electrons. The van der Waals surface area contributed by atoms with Gasteiger partial charge in [0.05, 0.1) is 27.7 Å². The van der Waals surface area contributed by atoms with Crippen LogP contribution in [0.15, 0.2) is 102 Å². The van der Waals surface area contributed by atoms with Crippen LogP contribution in [0.3, 0.4) is 0 Å². The lowest BCUT2D eigenvalue weighted by atomic mass is 10.1. The molecule has 0 bridgehead atoms. The van der Waals surface area contributed by atoms with Crippen molar-refractivity contribution < 1.29 is 18.4 Å². The average molecular weight is 469 g/mol. The summed E-state index contributed by atoms with van der Waals surface area (Å²) in [4.78, 5) is 1.35. The van der Waals surface area contributed by atoms with Crippen molar-refractivity contribution in [3.05, 3.63) is 119 Å². The molecular weight excluding hydrogens is 444 g/mol. The van der Waals surface area contributed by atoms with Crippen LogP contribution < -0.4 is 14.2 Å². The van der Waals surface area contributed by atoms with Crippen molar-refractivity contribution in [2.45, 2.75) is 18.4 Å². The number of hydrogen-bond donors (Lipinski definition) is 0. The Hall–Kier alpha value is -3.83. The molecule has 5 rings (SSSR count). The summed E-state index contributed by atoms with van der Waals surface area (Å²) >= 11 is 0. The minimum absolute atomic E-state index is 0.498. The zero-order valence-electron chi connectivity index (χ0n) is 19.0. The third-order valence-electron chi connectivity index (χ3n) is 5.63. The maximum atomic E-state index is 13.5. The molecule has 170 valence electrons. The highest BCUT2D eigenvalue weighted by atomic mass is 32.2. The Balaban J connectivity index is 1.44. The first-order valence-electron chi connectivity index (χ1n) is 11.0. The minimum Gasteiger partial charge on any atom is -0.497 e. The standard InChI is InChI=1S/C29H24O4S/c1-20-8-10-22(11-9-20)29-28(26-17-16-25(31-2)18-27(26)34(29)30)33-24-14-12-23(13-15-24)32-19-21-6-4-3-5-7-21/h3-18H,19H2,1-2H3. The van der Waals surface area contributed by atoms with Gasteiger partial charge in [-0.3, -0.25) is 0 Å². The van der Waals surface area contributed by atoms with Crippen molar-refractivity contribution in [1.29, 1.82) is 0 Å². The maximum Gasteiger partial charge on any atom is 0.152 e. The zero-order valence-corrected chi connectivity index (χ0v) is 19.8. The highest BCUT2D eigenvalue weighted by molar-refractivity contribution is 7.95. The fraction of sp³-hybridized carbons (Fsp3) is 0.103. The number of methoxy groups -OCH3 is 1. The number of rotatable bonds is 7. The second-order valence-electron chi connectivity index (χ2n) is 8.00. The third kappa shape index (κ3) is 4.47. The van der Waals surface area contributed by atoms with Crippen LogP contribution in [-0.2, 0) is 17.4 Å². The molecule has 4 nitrogen and oxygen atoms in total. The molecular formula is C29H24O4S. The van der Waals surface area contributed by atoms with E-state index in [2.05, 4.69) is 0 Å². The highest BCUT2D eigenvalue weighted by Gasteiger charge is 2.32. The van der Waals surface area contributed by atoms with E-state index in [0.29, 0.717) is 33.7 Å². The number of aryl methyl sites for hydroxylation is 1. The molecule has 0 aliphatic carbocycles. The Bertz CT molecular complexity index is 1360. The first kappa shape index (κ1) is 22.0. The van der Waals surface area contributed by atoms with E-state index in [-0.39, 0.29) is 0 Å². The molecule has 0 saturated heterocycles. The molecule has 1 unspecified atom stereocenters. The number of fused-ring (bicyclic) bond motifs is 1. The highest BCUT2D eigenvalue weighted by Crippen LogP contribution is 2.44. The minimum atomic E-state index is -1.39. The molecule has 5 heteroatoms. The Morgan fingerprint density at radius 2 is 1.44 bits per heavy atom. The normalized spacial score (nSPS) is 14.6. The molecule has 0 fully saturated rings. The van der Waals surface area contributed by atoms with Gasteiger partial charge in [-0.2, -0.15) is 0 Å². The van der Waals surface area contributed by atoms with Crippen molar-refractivity contribution in [2.75, 3.05) is 7.11 Å². The fourth-order valence-corrected chi connectivity index (χ4v) is 5.27. The molecule has 0 aromatic heterocycles. The van der Waals surface area contributed by atoms with Gasteiger partial charge in [-0.15, -0.1) is 0 Å². The number of benzene rings is 4. The molecule has 4 aromatic rings. The lowest BCUT2D eigenvalue weighted by molar-refractivity contribution is 0.306. The van der Waals surface area contributed by atoms with Crippen molar-refractivity contribution in [1.82, 2.24) is 0 Å². The van der Waals surface area contributed by atoms with Crippen LogP contribution in [0.5, 0.6) is 17.2 Å². The summed E-state index contributed by atoms with van der Waals surface area (Å²) in [7, 11) is 0.216. The van der Waals surface area contributed by atoms with E-state index in [1.54, 1.807) is 7.11 Å². The lowest BCUT2D eigenvalue weighted by Gasteiger charge is -2.12. The number of hydrogen-bond acceptors (Lipinski definition) is 4. The van der Waals surface area contributed by atoms with Crippen LogP contribution in [0.25, 0.3) is 10.7 Å². The van der Waals surface area contributed by atoms with Crippen LogP contribution in [0.4, 0.5) is 0 Å². The van der Waals surface area contributed by atoms with Crippen molar-refractivity contribution >= 4 is 21.5 Å². The monoisotopic (exact) mass is 468 g/mol. The molecule has 4 aromatic carbocycles. The van der Waals surface area contributed by atoms with Gasteiger partial charge in [0.2, 0.25) is 0 Å². The second kappa shape index (κ2) is 9.57. The third-order valence-corrected chi connectivity index (χ3v) is 7.16.